The van der Waals surface area contributed by atoms with E-state index in [0.717, 1.165) is 18.6 Å². The fourth-order valence-corrected chi connectivity index (χ4v) is 4.46. The predicted molar refractivity (Wildman–Crippen MR) is 116 cm³/mol. The lowest BCUT2D eigenvalue weighted by Crippen LogP contribution is -2.27. The number of ether oxygens (including phenoxy) is 2. The van der Waals surface area contributed by atoms with E-state index < -0.39 is 10.0 Å². The molecular weight excluding hydrogens is 404 g/mol. The van der Waals surface area contributed by atoms with Crippen LogP contribution in [0.4, 0.5) is 5.69 Å². The lowest BCUT2D eigenvalue weighted by Gasteiger charge is -2.15. The Bertz CT molecular complexity index is 985. The number of carbonyl (C=O) groups is 1. The third-order valence-electron chi connectivity index (χ3n) is 5.06. The predicted octanol–water partition coefficient (Wildman–Crippen LogP) is 3.49. The Labute approximate surface area is 177 Å². The summed E-state index contributed by atoms with van der Waals surface area (Å²) in [5, 5.41) is 2.84. The molecule has 7 nitrogen and oxygen atoms in total. The number of benzene rings is 2. The summed E-state index contributed by atoms with van der Waals surface area (Å²) in [5.41, 5.74) is 1.58. The highest BCUT2D eigenvalue weighted by Crippen LogP contribution is 2.26. The van der Waals surface area contributed by atoms with Gasteiger partial charge in [0.2, 0.25) is 10.0 Å². The van der Waals surface area contributed by atoms with Crippen molar-refractivity contribution in [3.05, 3.63) is 53.6 Å². The lowest BCUT2D eigenvalue weighted by atomic mass is 10.1. The van der Waals surface area contributed by atoms with E-state index in [4.69, 9.17) is 9.47 Å². The molecule has 8 heteroatoms. The van der Waals surface area contributed by atoms with Crippen LogP contribution in [0.15, 0.2) is 47.4 Å². The van der Waals surface area contributed by atoms with Crippen LogP contribution >= 0.6 is 0 Å². The van der Waals surface area contributed by atoms with Gasteiger partial charge >= 0.3 is 0 Å². The largest absolute Gasteiger partial charge is 0.490 e. The summed E-state index contributed by atoms with van der Waals surface area (Å²) < 4.78 is 38.2. The quantitative estimate of drug-likeness (QED) is 0.592. The van der Waals surface area contributed by atoms with Gasteiger partial charge in [-0.3, -0.25) is 4.79 Å². The highest BCUT2D eigenvalue weighted by atomic mass is 32.2. The van der Waals surface area contributed by atoms with E-state index in [1.54, 1.807) is 25.1 Å². The van der Waals surface area contributed by atoms with Crippen LogP contribution in [-0.2, 0) is 14.8 Å². The van der Waals surface area contributed by atoms with E-state index >= 15 is 0 Å². The number of amides is 1. The monoisotopic (exact) mass is 432 g/mol. The minimum Gasteiger partial charge on any atom is -0.490 e. The Hall–Kier alpha value is -2.42. The van der Waals surface area contributed by atoms with Crippen molar-refractivity contribution in [1.82, 2.24) is 4.72 Å². The summed E-state index contributed by atoms with van der Waals surface area (Å²) in [6.45, 7) is 2.18. The van der Waals surface area contributed by atoms with Gasteiger partial charge in [0, 0.05) is 31.0 Å². The van der Waals surface area contributed by atoms with Crippen LogP contribution in [0.2, 0.25) is 0 Å². The summed E-state index contributed by atoms with van der Waals surface area (Å²) in [6, 6.07) is 11.8. The van der Waals surface area contributed by atoms with E-state index in [1.807, 2.05) is 12.1 Å². The third-order valence-corrected chi connectivity index (χ3v) is 6.52. The second kappa shape index (κ2) is 10.1. The molecule has 1 aliphatic carbocycles. The fraction of sp³-hybridized carbons (Fsp3) is 0.409. The van der Waals surface area contributed by atoms with Gasteiger partial charge < -0.3 is 14.8 Å². The number of rotatable bonds is 9. The van der Waals surface area contributed by atoms with Crippen LogP contribution in [-0.4, -0.2) is 40.7 Å². The second-order valence-corrected chi connectivity index (χ2v) is 9.14. The van der Waals surface area contributed by atoms with E-state index in [9.17, 15) is 13.2 Å². The molecule has 0 radical (unpaired) electrons. The highest BCUT2D eigenvalue weighted by Gasteiger charge is 2.19. The van der Waals surface area contributed by atoms with Crippen LogP contribution in [0.3, 0.4) is 0 Å². The van der Waals surface area contributed by atoms with Gasteiger partial charge in [-0.25, -0.2) is 13.1 Å². The van der Waals surface area contributed by atoms with Gasteiger partial charge in [0.15, 0.2) is 0 Å². The van der Waals surface area contributed by atoms with Gasteiger partial charge in [0.25, 0.3) is 5.91 Å². The molecule has 1 fully saturated rings. The van der Waals surface area contributed by atoms with Crippen molar-refractivity contribution in [2.24, 2.45) is 0 Å². The number of hydrogen-bond donors (Lipinski definition) is 2. The average Bonchev–Trinajstić information content (AvgIpc) is 3.21. The van der Waals surface area contributed by atoms with Crippen molar-refractivity contribution in [3.63, 3.8) is 0 Å². The minimum atomic E-state index is -3.73. The van der Waals surface area contributed by atoms with E-state index in [1.165, 1.54) is 32.1 Å². The summed E-state index contributed by atoms with van der Waals surface area (Å²) in [6.07, 6.45) is 4.69. The first kappa shape index (κ1) is 22.3. The molecule has 30 heavy (non-hydrogen) atoms. The van der Waals surface area contributed by atoms with E-state index in [0.29, 0.717) is 16.8 Å². The number of aryl methyl sites for hydroxylation is 1. The summed E-state index contributed by atoms with van der Waals surface area (Å²) in [5.74, 6) is 0.342. The van der Waals surface area contributed by atoms with Gasteiger partial charge in [-0.2, -0.15) is 0 Å². The Kier molecular flexibility index (Phi) is 7.47. The maximum absolute atomic E-state index is 12.8. The van der Waals surface area contributed by atoms with E-state index in [-0.39, 0.29) is 30.1 Å². The molecule has 0 spiro atoms. The summed E-state index contributed by atoms with van der Waals surface area (Å²) in [7, 11) is -2.23. The van der Waals surface area contributed by atoms with Crippen LogP contribution in [0, 0.1) is 6.92 Å². The molecule has 0 aliphatic heterocycles. The average molecular weight is 433 g/mol. The van der Waals surface area contributed by atoms with Gasteiger partial charge in [-0.15, -0.1) is 0 Å². The smallest absolute Gasteiger partial charge is 0.255 e. The van der Waals surface area contributed by atoms with Crippen molar-refractivity contribution >= 4 is 21.6 Å². The Morgan fingerprint density at radius 2 is 1.90 bits per heavy atom. The zero-order valence-electron chi connectivity index (χ0n) is 17.3. The standard InChI is InChI=1S/C22H28N2O5S/c1-16-10-11-20(30(26,27)23-12-13-28-2)15-21(16)22(25)24-17-6-5-9-19(14-17)29-18-7-3-4-8-18/h5-6,9-11,14-15,18,23H,3-4,7-8,12-13H2,1-2H3,(H,24,25). The Morgan fingerprint density at radius 3 is 2.63 bits per heavy atom. The van der Waals surface area contributed by atoms with Crippen LogP contribution in [0.5, 0.6) is 5.75 Å². The maximum atomic E-state index is 12.8. The molecule has 0 aromatic heterocycles. The number of sulfonamides is 1. The molecule has 1 amide bonds. The van der Waals surface area contributed by atoms with Gasteiger partial charge in [0.05, 0.1) is 17.6 Å². The molecule has 0 bridgehead atoms. The summed E-state index contributed by atoms with van der Waals surface area (Å²) >= 11 is 0. The molecule has 2 N–H and O–H groups in total. The number of carbonyl (C=O) groups excluding carboxylic acids is 1. The van der Waals surface area contributed by atoms with Crippen LogP contribution in [0.25, 0.3) is 0 Å². The van der Waals surface area contributed by atoms with Crippen LogP contribution in [0.1, 0.15) is 41.6 Å². The van der Waals surface area contributed by atoms with Crippen molar-refractivity contribution in [2.75, 3.05) is 25.6 Å². The Morgan fingerprint density at radius 1 is 1.13 bits per heavy atom. The molecule has 3 rings (SSSR count). The van der Waals surface area contributed by atoms with Gasteiger partial charge in [0.1, 0.15) is 5.75 Å². The normalized spacial score (nSPS) is 14.6. The zero-order chi connectivity index (χ0) is 21.6. The van der Waals surface area contributed by atoms with Crippen molar-refractivity contribution in [3.8, 4) is 5.75 Å². The van der Waals surface area contributed by atoms with Crippen molar-refractivity contribution in [2.45, 2.75) is 43.6 Å². The summed E-state index contributed by atoms with van der Waals surface area (Å²) in [4.78, 5) is 12.9. The fourth-order valence-electron chi connectivity index (χ4n) is 3.42. The molecule has 162 valence electrons. The van der Waals surface area contributed by atoms with Crippen molar-refractivity contribution < 1.29 is 22.7 Å². The first-order chi connectivity index (χ1) is 14.4. The molecule has 2 aromatic carbocycles. The minimum absolute atomic E-state index is 0.0349. The Balaban J connectivity index is 1.73. The third kappa shape index (κ3) is 5.81. The molecule has 1 saturated carbocycles. The molecule has 0 heterocycles. The maximum Gasteiger partial charge on any atom is 0.255 e. The van der Waals surface area contributed by atoms with Crippen molar-refractivity contribution in [1.29, 1.82) is 0 Å². The molecule has 0 unspecified atom stereocenters. The first-order valence-electron chi connectivity index (χ1n) is 10.1. The van der Waals surface area contributed by atoms with Gasteiger partial charge in [-0.05, 0) is 62.4 Å². The number of nitrogens with one attached hydrogen (secondary N) is 2. The highest BCUT2D eigenvalue weighted by molar-refractivity contribution is 7.89. The SMILES string of the molecule is COCCNS(=O)(=O)c1ccc(C)c(C(=O)Nc2cccc(OC3CCCC3)c2)c1. The molecule has 0 atom stereocenters. The first-order valence-corrected chi connectivity index (χ1v) is 11.5. The molecule has 0 saturated heterocycles. The van der Waals surface area contributed by atoms with E-state index in [2.05, 4.69) is 10.0 Å². The molecule has 2 aromatic rings. The number of hydrogen-bond acceptors (Lipinski definition) is 5. The number of anilines is 1. The van der Waals surface area contributed by atoms with Crippen LogP contribution < -0.4 is 14.8 Å². The zero-order valence-corrected chi connectivity index (χ0v) is 18.1. The molecular formula is C22H28N2O5S. The second-order valence-electron chi connectivity index (χ2n) is 7.37. The lowest BCUT2D eigenvalue weighted by molar-refractivity contribution is 0.102. The number of methoxy groups -OCH3 is 1. The molecule has 1 aliphatic rings. The topological polar surface area (TPSA) is 93.7 Å². The van der Waals surface area contributed by atoms with Gasteiger partial charge in [-0.1, -0.05) is 12.1 Å².